The van der Waals surface area contributed by atoms with E-state index in [0.29, 0.717) is 6.42 Å². The molecule has 6 nitrogen and oxygen atoms in total. The number of aryl methyl sites for hydroxylation is 2. The summed E-state index contributed by atoms with van der Waals surface area (Å²) in [7, 11) is 0. The van der Waals surface area contributed by atoms with Crippen LogP contribution in [-0.2, 0) is 16.1 Å². The number of thiazole rings is 1. The number of hydrogen-bond acceptors (Lipinski definition) is 5. The van der Waals surface area contributed by atoms with Crippen molar-refractivity contribution in [2.75, 3.05) is 32.7 Å². The normalized spacial score (nSPS) is 26.4. The Morgan fingerprint density at radius 3 is 2.57 bits per heavy atom. The number of amides is 2. The number of hydrogen-bond donors (Lipinski definition) is 0. The molecule has 1 atom stereocenters. The Morgan fingerprint density at radius 1 is 1.07 bits per heavy atom. The van der Waals surface area contributed by atoms with Crippen LogP contribution in [0.25, 0.3) is 0 Å². The van der Waals surface area contributed by atoms with Crippen LogP contribution in [0.4, 0.5) is 0 Å². The highest BCUT2D eigenvalue weighted by Gasteiger charge is 2.46. The maximum atomic E-state index is 12.7. The van der Waals surface area contributed by atoms with Gasteiger partial charge in [-0.2, -0.15) is 0 Å². The van der Waals surface area contributed by atoms with Gasteiger partial charge in [0, 0.05) is 43.0 Å². The molecule has 2 amide bonds. The minimum Gasteiger partial charge on any atom is -0.341 e. The summed E-state index contributed by atoms with van der Waals surface area (Å²) in [4.78, 5) is 37.7. The van der Waals surface area contributed by atoms with Crippen molar-refractivity contribution in [1.82, 2.24) is 19.7 Å². The van der Waals surface area contributed by atoms with Gasteiger partial charge in [0.15, 0.2) is 0 Å². The van der Waals surface area contributed by atoms with E-state index < -0.39 is 0 Å². The monoisotopic (exact) mass is 404 g/mol. The highest BCUT2D eigenvalue weighted by Crippen LogP contribution is 2.39. The Kier molecular flexibility index (Phi) is 5.74. The largest absolute Gasteiger partial charge is 0.341 e. The van der Waals surface area contributed by atoms with Gasteiger partial charge < -0.3 is 9.80 Å². The zero-order valence-corrected chi connectivity index (χ0v) is 18.0. The molecule has 0 saturated carbocycles. The van der Waals surface area contributed by atoms with Crippen LogP contribution in [0.5, 0.6) is 0 Å². The van der Waals surface area contributed by atoms with E-state index in [9.17, 15) is 9.59 Å². The molecule has 1 aromatic rings. The third-order valence-electron chi connectivity index (χ3n) is 6.81. The highest BCUT2D eigenvalue weighted by atomic mass is 32.1. The number of likely N-dealkylation sites (tertiary alicyclic amines) is 3. The first-order valence-electron chi connectivity index (χ1n) is 10.7. The second kappa shape index (κ2) is 8.11. The molecule has 0 bridgehead atoms. The maximum absolute atomic E-state index is 12.7. The molecule has 1 aromatic heterocycles. The van der Waals surface area contributed by atoms with E-state index in [-0.39, 0.29) is 23.9 Å². The number of rotatable bonds is 4. The first kappa shape index (κ1) is 19.8. The summed E-state index contributed by atoms with van der Waals surface area (Å²) >= 11 is 1.79. The Hall–Kier alpha value is -1.47. The van der Waals surface area contributed by atoms with E-state index >= 15 is 0 Å². The predicted octanol–water partition coefficient (Wildman–Crippen LogP) is 2.73. The van der Waals surface area contributed by atoms with Gasteiger partial charge in [-0.25, -0.2) is 4.98 Å². The lowest BCUT2D eigenvalue weighted by molar-refractivity contribution is -0.141. The summed E-state index contributed by atoms with van der Waals surface area (Å²) in [6.45, 7) is 9.15. The zero-order chi connectivity index (χ0) is 19.7. The van der Waals surface area contributed by atoms with Crippen molar-refractivity contribution in [1.29, 1.82) is 0 Å². The fraction of sp³-hybridized carbons (Fsp3) is 0.762. The Morgan fingerprint density at radius 2 is 1.86 bits per heavy atom. The quantitative estimate of drug-likeness (QED) is 0.774. The molecule has 4 rings (SSSR count). The number of carbonyl (C=O) groups is 2. The molecule has 1 spiro atoms. The average molecular weight is 405 g/mol. The van der Waals surface area contributed by atoms with Gasteiger partial charge in [0.1, 0.15) is 6.54 Å². The van der Waals surface area contributed by atoms with E-state index in [1.54, 1.807) is 11.3 Å². The molecular weight excluding hydrogens is 372 g/mol. The summed E-state index contributed by atoms with van der Waals surface area (Å²) in [5.74, 6) is 0.318. The lowest BCUT2D eigenvalue weighted by Gasteiger charge is -2.38. The van der Waals surface area contributed by atoms with E-state index in [4.69, 9.17) is 0 Å². The molecule has 0 aliphatic carbocycles. The minimum absolute atomic E-state index is 0.111. The second-order valence-electron chi connectivity index (χ2n) is 8.66. The molecule has 7 heteroatoms. The molecule has 0 N–H and O–H groups in total. The van der Waals surface area contributed by atoms with Crippen molar-refractivity contribution in [2.24, 2.45) is 0 Å². The van der Waals surface area contributed by atoms with Gasteiger partial charge in [0.05, 0.1) is 10.7 Å². The van der Waals surface area contributed by atoms with Gasteiger partial charge in [-0.15, -0.1) is 11.3 Å². The van der Waals surface area contributed by atoms with Crippen molar-refractivity contribution in [2.45, 2.75) is 70.9 Å². The molecule has 0 radical (unpaired) electrons. The molecule has 3 fully saturated rings. The third-order valence-corrected chi connectivity index (χ3v) is 7.86. The fourth-order valence-electron chi connectivity index (χ4n) is 5.17. The second-order valence-corrected chi connectivity index (χ2v) is 9.95. The summed E-state index contributed by atoms with van der Waals surface area (Å²) < 4.78 is 0. The van der Waals surface area contributed by atoms with Crippen LogP contribution in [-0.4, -0.2) is 69.8 Å². The van der Waals surface area contributed by atoms with Crippen molar-refractivity contribution in [3.05, 3.63) is 15.6 Å². The van der Waals surface area contributed by atoms with Crippen molar-refractivity contribution >= 4 is 23.2 Å². The van der Waals surface area contributed by atoms with Crippen LogP contribution in [0.3, 0.4) is 0 Å². The van der Waals surface area contributed by atoms with Crippen LogP contribution in [0.15, 0.2) is 0 Å². The van der Waals surface area contributed by atoms with Crippen molar-refractivity contribution in [3.8, 4) is 0 Å². The lowest BCUT2D eigenvalue weighted by Crippen LogP contribution is -2.51. The first-order chi connectivity index (χ1) is 13.5. The molecule has 3 aliphatic heterocycles. The zero-order valence-electron chi connectivity index (χ0n) is 17.2. The number of nitrogens with zero attached hydrogens (tertiary/aromatic N) is 4. The third kappa shape index (κ3) is 3.96. The van der Waals surface area contributed by atoms with Gasteiger partial charge >= 0.3 is 0 Å². The molecule has 4 heterocycles. The predicted molar refractivity (Wildman–Crippen MR) is 110 cm³/mol. The van der Waals surface area contributed by atoms with Gasteiger partial charge in [0.25, 0.3) is 0 Å². The summed E-state index contributed by atoms with van der Waals surface area (Å²) in [6, 6.07) is 0. The van der Waals surface area contributed by atoms with E-state index in [1.165, 1.54) is 4.88 Å². The van der Waals surface area contributed by atoms with Crippen molar-refractivity contribution in [3.63, 3.8) is 0 Å². The van der Waals surface area contributed by atoms with Gasteiger partial charge in [-0.05, 0) is 58.9 Å². The SMILES string of the molecule is Cc1nc(C)c(CN2CCCC3(CCC(=O)N3CC(=O)N3CCCC3)CC2)s1. The molecule has 28 heavy (non-hydrogen) atoms. The highest BCUT2D eigenvalue weighted by molar-refractivity contribution is 7.11. The Labute approximate surface area is 171 Å². The first-order valence-corrected chi connectivity index (χ1v) is 11.5. The Bertz CT molecular complexity index is 743. The molecule has 3 aliphatic rings. The van der Waals surface area contributed by atoms with Crippen LogP contribution in [0.2, 0.25) is 0 Å². The lowest BCUT2D eigenvalue weighted by atomic mass is 9.87. The smallest absolute Gasteiger partial charge is 0.242 e. The minimum atomic E-state index is -0.111. The van der Waals surface area contributed by atoms with Crippen LogP contribution in [0, 0.1) is 13.8 Å². The number of aromatic nitrogens is 1. The van der Waals surface area contributed by atoms with E-state index in [2.05, 4.69) is 23.7 Å². The molecular formula is C21H32N4O2S. The summed E-state index contributed by atoms with van der Waals surface area (Å²) in [5, 5.41) is 1.13. The standard InChI is InChI=1S/C21H32N4O2S/c1-16-18(28-17(2)22-16)14-23-10-5-7-21(9-13-23)8-6-19(26)25(21)15-20(27)24-11-3-4-12-24/h3-15H2,1-2H3. The fourth-order valence-corrected chi connectivity index (χ4v) is 6.15. The average Bonchev–Trinajstić information content (AvgIpc) is 3.32. The van der Waals surface area contributed by atoms with Crippen LogP contribution < -0.4 is 0 Å². The molecule has 0 aromatic carbocycles. The van der Waals surface area contributed by atoms with Gasteiger partial charge in [-0.1, -0.05) is 0 Å². The summed E-state index contributed by atoms with van der Waals surface area (Å²) in [6.07, 6.45) is 6.77. The van der Waals surface area contributed by atoms with Gasteiger partial charge in [0.2, 0.25) is 11.8 Å². The topological polar surface area (TPSA) is 56.8 Å². The van der Waals surface area contributed by atoms with Crippen LogP contribution >= 0.6 is 11.3 Å². The Balaban J connectivity index is 1.42. The van der Waals surface area contributed by atoms with Gasteiger partial charge in [-0.3, -0.25) is 14.5 Å². The molecule has 1 unspecified atom stereocenters. The van der Waals surface area contributed by atoms with E-state index in [0.717, 1.165) is 82.0 Å². The maximum Gasteiger partial charge on any atom is 0.242 e. The van der Waals surface area contributed by atoms with Crippen LogP contribution in [0.1, 0.15) is 60.5 Å². The summed E-state index contributed by atoms with van der Waals surface area (Å²) in [5.41, 5.74) is 1.04. The number of carbonyl (C=O) groups excluding carboxylic acids is 2. The van der Waals surface area contributed by atoms with E-state index in [1.807, 2.05) is 9.80 Å². The molecule has 3 saturated heterocycles. The molecule has 154 valence electrons. The van der Waals surface area contributed by atoms with Crippen molar-refractivity contribution < 1.29 is 9.59 Å².